The van der Waals surface area contributed by atoms with Gasteiger partial charge in [0, 0.05) is 105 Å². The first-order chi connectivity index (χ1) is 46.0. The molecule has 0 saturated heterocycles. The third kappa shape index (κ3) is 31.5. The van der Waals surface area contributed by atoms with Crippen LogP contribution in [-0.4, -0.2) is 106 Å². The number of carbonyl (C=O) groups excluding carboxylic acids is 5. The van der Waals surface area contributed by atoms with Crippen molar-refractivity contribution in [2.45, 2.75) is 41.5 Å². The summed E-state index contributed by atoms with van der Waals surface area (Å²) in [5, 5.41) is 3.36. The van der Waals surface area contributed by atoms with Gasteiger partial charge >= 0.3 is 40.2 Å². The monoisotopic (exact) mass is 1500 g/mol. The fourth-order valence-electron chi connectivity index (χ4n) is 6.49. The Balaban J connectivity index is 0.00000115. The summed E-state index contributed by atoms with van der Waals surface area (Å²) in [6, 6.07) is 14.6. The number of benzene rings is 5. The number of fused-ring (bicyclic) bond motifs is 3. The highest BCUT2D eigenvalue weighted by atomic mass is 36.0. The minimum absolute atomic E-state index is 0. The van der Waals surface area contributed by atoms with Gasteiger partial charge in [0.05, 0.1) is 61.2 Å². The number of nitrogens with zero attached hydrogens (tertiary/aromatic N) is 1. The first-order valence-corrected chi connectivity index (χ1v) is 31.7. The highest BCUT2D eigenvalue weighted by Gasteiger charge is 2.23. The summed E-state index contributed by atoms with van der Waals surface area (Å²) in [6.45, 7) is 10.9. The molecule has 0 aliphatic rings. The molecule has 0 aliphatic heterocycles. The van der Waals surface area contributed by atoms with Crippen molar-refractivity contribution >= 4 is 127 Å². The number of ether oxygens (including phenoxy) is 6. The van der Waals surface area contributed by atoms with Gasteiger partial charge in [-0.05, 0) is 96.1 Å². The van der Waals surface area contributed by atoms with Crippen LogP contribution in [0.15, 0.2) is 137 Å². The van der Waals surface area contributed by atoms with Gasteiger partial charge < -0.3 is 49.4 Å². The summed E-state index contributed by atoms with van der Waals surface area (Å²) >= 11 is 5.75. The van der Waals surface area contributed by atoms with E-state index in [0.29, 0.717) is 28.0 Å². The molecule has 8 aromatic rings. The second-order valence-electron chi connectivity index (χ2n) is 17.3. The van der Waals surface area contributed by atoms with Crippen molar-refractivity contribution in [2.24, 2.45) is 0 Å². The van der Waals surface area contributed by atoms with Crippen LogP contribution in [0.3, 0.4) is 0 Å². The Labute approximate surface area is 566 Å². The van der Waals surface area contributed by atoms with E-state index in [-0.39, 0.29) is 84.3 Å². The van der Waals surface area contributed by atoms with E-state index in [2.05, 4.69) is 55.8 Å². The summed E-state index contributed by atoms with van der Waals surface area (Å²) < 4.78 is 196. The van der Waals surface area contributed by atoms with E-state index in [1.807, 2.05) is 0 Å². The van der Waals surface area contributed by atoms with Crippen LogP contribution < -0.4 is 21.9 Å². The first-order valence-electron chi connectivity index (χ1n) is 27.1. The highest BCUT2D eigenvalue weighted by Crippen LogP contribution is 2.24. The molecule has 534 valence electrons. The molecule has 0 fully saturated rings. The number of nitrogen functional groups attached to an aromatic ring is 1. The van der Waals surface area contributed by atoms with Crippen molar-refractivity contribution in [2.75, 3.05) is 50.7 Å². The molecule has 98 heavy (non-hydrogen) atoms. The van der Waals surface area contributed by atoms with E-state index in [4.69, 9.17) is 53.3 Å². The Hall–Kier alpha value is -9.65. The van der Waals surface area contributed by atoms with Crippen molar-refractivity contribution in [1.29, 1.82) is 0 Å². The lowest BCUT2D eigenvalue weighted by Gasteiger charge is -2.07. The summed E-state index contributed by atoms with van der Waals surface area (Å²) in [7, 11) is 2.69. The third-order valence-electron chi connectivity index (χ3n) is 10.5. The van der Waals surface area contributed by atoms with Crippen molar-refractivity contribution in [3.05, 3.63) is 216 Å². The topological polar surface area (TPSA) is 349 Å². The van der Waals surface area contributed by atoms with Crippen LogP contribution in [0.5, 0.6) is 0 Å². The number of nitrogens with two attached hydrogens (primary N) is 1. The lowest BCUT2D eigenvalue weighted by atomic mass is 10.1. The maximum atomic E-state index is 13.1. The molecular formula is C60H58Cl3F10N5O18S2. The van der Waals surface area contributed by atoms with Crippen LogP contribution in [0.4, 0.5) is 55.3 Å². The second-order valence-corrected chi connectivity index (χ2v) is 21.1. The molecule has 7 N–H and O–H groups in total. The maximum absolute atomic E-state index is 13.1. The lowest BCUT2D eigenvalue weighted by Crippen LogP contribution is -2.19. The summed E-state index contributed by atoms with van der Waals surface area (Å²) in [4.78, 5) is 89.4. The Morgan fingerprint density at radius 2 is 0.990 bits per heavy atom. The number of pyridine rings is 3. The number of anilines is 2. The Kier molecular flexibility index (Phi) is 39.0. The molecule has 38 heteroatoms. The predicted molar refractivity (Wildman–Crippen MR) is 343 cm³/mol. The van der Waals surface area contributed by atoms with Gasteiger partial charge in [0.2, 0.25) is 14.7 Å². The fraction of sp³-hybridized carbons (Fsp3) is 0.200. The quantitative estimate of drug-likeness (QED) is 0.00563. The second kappa shape index (κ2) is 44.2. The van der Waals surface area contributed by atoms with Gasteiger partial charge in [-0.15, -0.1) is 0 Å². The van der Waals surface area contributed by atoms with Gasteiger partial charge in [-0.1, -0.05) is 11.6 Å². The Morgan fingerprint density at radius 3 is 1.45 bits per heavy atom. The minimum Gasteiger partial charge on any atom is -0.500 e. The number of aromatic amines is 2. The number of hydrogen-bond donors (Lipinski definition) is 6. The van der Waals surface area contributed by atoms with E-state index in [1.165, 1.54) is 36.7 Å². The summed E-state index contributed by atoms with van der Waals surface area (Å²) in [6.07, 6.45) is 6.06. The molecule has 0 bridgehead atoms. The smallest absolute Gasteiger partial charge is 0.394 e. The molecule has 0 spiro atoms. The van der Waals surface area contributed by atoms with Crippen LogP contribution in [-0.2, 0) is 67.2 Å². The molecule has 3 aromatic heterocycles. The maximum Gasteiger partial charge on any atom is 0.394 e. The van der Waals surface area contributed by atoms with Crippen molar-refractivity contribution in [3.8, 4) is 0 Å². The number of rotatable bonds is 14. The molecule has 23 nitrogen and oxygen atoms in total. The number of H-pyrrole nitrogens is 2. The van der Waals surface area contributed by atoms with Gasteiger partial charge in [0.15, 0.2) is 74.7 Å². The van der Waals surface area contributed by atoms with Crippen molar-refractivity contribution < 1.29 is 119 Å². The van der Waals surface area contributed by atoms with Crippen molar-refractivity contribution in [1.82, 2.24) is 15.0 Å². The van der Waals surface area contributed by atoms with Gasteiger partial charge in [-0.2, -0.15) is 8.42 Å². The van der Waals surface area contributed by atoms with E-state index in [1.54, 1.807) is 41.5 Å². The highest BCUT2D eigenvalue weighted by molar-refractivity contribution is 8.26. The molecule has 0 saturated carbocycles. The predicted octanol–water partition coefficient (Wildman–Crippen LogP) is 12.6. The zero-order chi connectivity index (χ0) is 74.6. The number of halogens is 13. The molecular weight excluding hydrogens is 1440 g/mol. The van der Waals surface area contributed by atoms with Crippen LogP contribution >= 0.6 is 33.0 Å². The molecule has 5 aromatic carbocycles. The van der Waals surface area contributed by atoms with Crippen LogP contribution in [0.1, 0.15) is 53.3 Å². The van der Waals surface area contributed by atoms with Crippen molar-refractivity contribution in [3.63, 3.8) is 0 Å². The molecule has 0 amide bonds. The normalized spacial score (nSPS) is 10.1. The van der Waals surface area contributed by atoms with Gasteiger partial charge in [-0.25, -0.2) is 72.1 Å². The number of esters is 5. The van der Waals surface area contributed by atoms with Crippen LogP contribution in [0.2, 0.25) is 5.02 Å². The SMILES string of the molecule is CCOC(=O)C(=CNc1ccc(F)c(F)c1)C(=O)OCC.CCOC(=O)c1c[nH]c2cc(F)c(F)cc2c1=O.CCOC=C(C(=O)OCC)C(=O)OCC.Fc1cc2nccc(Cl)c2cc1F.Nc1ccc(F)c(F)c1.O=S(=O)(O)O.O=S(Cl)Cl.O=c1cc[nH]c2cc(F)c(F)cc12.[2HH]. The van der Waals surface area contributed by atoms with E-state index >= 15 is 0 Å². The number of hydrogen-bond acceptors (Lipinski definition) is 19. The van der Waals surface area contributed by atoms with Crippen LogP contribution in [0, 0.1) is 58.2 Å². The van der Waals surface area contributed by atoms with E-state index in [0.717, 1.165) is 79.3 Å². The fourth-order valence-corrected chi connectivity index (χ4v) is 6.69. The lowest BCUT2D eigenvalue weighted by molar-refractivity contribution is -0.148. The molecule has 3 heterocycles. The Bertz CT molecular complexity index is 4340. The average Bonchev–Trinajstić information content (AvgIpc) is 0.836. The minimum atomic E-state index is -4.67. The Morgan fingerprint density at radius 1 is 0.571 bits per heavy atom. The van der Waals surface area contributed by atoms with Gasteiger partial charge in [-0.3, -0.25) is 23.7 Å². The average molecular weight is 1500 g/mol. The molecule has 0 radical (unpaired) electrons. The summed E-state index contributed by atoms with van der Waals surface area (Å²) in [5.41, 5.74) is 4.43. The molecule has 0 unspecified atom stereocenters. The van der Waals surface area contributed by atoms with E-state index in [9.17, 15) is 77.5 Å². The van der Waals surface area contributed by atoms with Gasteiger partial charge in [0.1, 0.15) is 11.8 Å². The zero-order valence-corrected chi connectivity index (χ0v) is 55.3. The summed E-state index contributed by atoms with van der Waals surface area (Å²) in [5.74, 6) is -13.8. The molecule has 0 atom stereocenters. The molecule has 0 aliphatic carbocycles. The standard InChI is InChI=1S/C14H15F2NO4.C12H9F2NO3.C10H16O5.C9H4ClF2N.C9H5F2NO.C6H5F2N.Cl2OS.H2O4S.H2/c1-3-20-13(18)10(14(19)21-4-2)8-17-9-5-6-11(15)12(16)7-9;1-2-18-12(17)7-5-15-10-4-9(14)8(13)3-6(10)11(7)16;1-4-13-7-8(9(11)14-5-2)10(12)15-6-3;10-6-1-2-13-9-4-8(12)7(11)3-5(6)9;10-6-3-5-8(4-7(6)11)12-2-1-9(5)13;7-5-2-1-4(9)3-6(5)8;1-4(2)3;1-5(2,3)4;/h5-8,17H,3-4H2,1-2H3;3-5H,2H2,1H3,(H,15,16);7H,4-6H2,1-3H3;1-4H;1-4H,(H,12,13);1-3H,9H2;;(H2,1,2,3,4);1H/i;;;;;;;;1+1. The van der Waals surface area contributed by atoms with E-state index < -0.39 is 113 Å². The van der Waals surface area contributed by atoms with Gasteiger partial charge in [0.25, 0.3) is 0 Å². The first kappa shape index (κ1) is 86.4. The molecule has 8 rings (SSSR count). The number of nitrogens with one attached hydrogen (secondary N) is 3. The number of carbonyl (C=O) groups is 5. The number of aromatic nitrogens is 3. The van der Waals surface area contributed by atoms with Crippen LogP contribution in [0.25, 0.3) is 32.7 Å². The third-order valence-corrected chi connectivity index (χ3v) is 10.9. The zero-order valence-electron chi connectivity index (χ0n) is 51.4. The largest absolute Gasteiger partial charge is 0.500 e.